The van der Waals surface area contributed by atoms with Crippen LogP contribution in [0.1, 0.15) is 15.9 Å². The minimum atomic E-state index is 0.128. The molecule has 0 aliphatic carbocycles. The summed E-state index contributed by atoms with van der Waals surface area (Å²) in [5.74, 6) is 0.128. The average molecular weight is 262 g/mol. The molecule has 0 amide bonds. The van der Waals surface area contributed by atoms with Gasteiger partial charge in [-0.15, -0.1) is 0 Å². The first-order chi connectivity index (χ1) is 9.83. The zero-order valence-corrected chi connectivity index (χ0v) is 10.9. The van der Waals surface area contributed by atoms with Gasteiger partial charge in [-0.1, -0.05) is 30.3 Å². The van der Waals surface area contributed by atoms with E-state index in [0.717, 1.165) is 16.8 Å². The van der Waals surface area contributed by atoms with E-state index < -0.39 is 0 Å². The Kier molecular flexibility index (Phi) is 3.42. The normalized spacial score (nSPS) is 10.4. The molecule has 20 heavy (non-hydrogen) atoms. The van der Waals surface area contributed by atoms with Gasteiger partial charge >= 0.3 is 0 Å². The quantitative estimate of drug-likeness (QED) is 0.676. The summed E-state index contributed by atoms with van der Waals surface area (Å²) in [6.07, 6.45) is 4.04. The van der Waals surface area contributed by atoms with Crippen LogP contribution in [0.5, 0.6) is 0 Å². The second-order valence-electron chi connectivity index (χ2n) is 4.58. The second kappa shape index (κ2) is 5.53. The maximum Gasteiger partial charge on any atom is 0.167 e. The van der Waals surface area contributed by atoms with Crippen molar-refractivity contribution in [3.8, 4) is 5.69 Å². The van der Waals surface area contributed by atoms with Gasteiger partial charge in [0.05, 0.1) is 5.69 Å². The molecule has 0 saturated carbocycles. The molecule has 0 radical (unpaired) electrons. The van der Waals surface area contributed by atoms with E-state index in [1.165, 1.54) is 0 Å². The van der Waals surface area contributed by atoms with E-state index in [1.54, 1.807) is 10.9 Å². The van der Waals surface area contributed by atoms with Crippen LogP contribution in [0, 0.1) is 0 Å². The zero-order chi connectivity index (χ0) is 13.8. The Labute approximate surface area is 117 Å². The average Bonchev–Trinajstić information content (AvgIpc) is 3.03. The fourth-order valence-electron chi connectivity index (χ4n) is 2.10. The monoisotopic (exact) mass is 262 g/mol. The molecule has 1 heterocycles. The van der Waals surface area contributed by atoms with Crippen LogP contribution in [0.25, 0.3) is 5.69 Å². The molecule has 0 spiro atoms. The van der Waals surface area contributed by atoms with Gasteiger partial charge in [-0.2, -0.15) is 5.10 Å². The fraction of sp³-hybridized carbons (Fsp3) is 0.0588. The molecule has 3 aromatic rings. The van der Waals surface area contributed by atoms with Crippen LogP contribution in [-0.4, -0.2) is 15.6 Å². The van der Waals surface area contributed by atoms with Crippen LogP contribution >= 0.6 is 0 Å². The van der Waals surface area contributed by atoms with Gasteiger partial charge in [-0.3, -0.25) is 4.79 Å². The lowest BCUT2D eigenvalue weighted by atomic mass is 10.0. The summed E-state index contributed by atoms with van der Waals surface area (Å²) in [5, 5.41) is 4.16. The summed E-state index contributed by atoms with van der Waals surface area (Å²) < 4.78 is 1.77. The van der Waals surface area contributed by atoms with Crippen molar-refractivity contribution in [2.75, 3.05) is 0 Å². The van der Waals surface area contributed by atoms with Gasteiger partial charge in [0.2, 0.25) is 0 Å². The van der Waals surface area contributed by atoms with Crippen LogP contribution in [0.15, 0.2) is 73.1 Å². The lowest BCUT2D eigenvalue weighted by Gasteiger charge is -2.04. The minimum absolute atomic E-state index is 0.128. The maximum absolute atomic E-state index is 12.2. The van der Waals surface area contributed by atoms with Crippen LogP contribution in [-0.2, 0) is 6.42 Å². The number of Topliss-reactive ketones (excluding diaryl/α,β-unsaturated/α-hetero) is 1. The number of ketones is 1. The molecule has 2 aromatic carbocycles. The lowest BCUT2D eigenvalue weighted by molar-refractivity contribution is 0.0993. The van der Waals surface area contributed by atoms with Crippen molar-refractivity contribution in [1.82, 2.24) is 9.78 Å². The van der Waals surface area contributed by atoms with Crippen LogP contribution in [0.3, 0.4) is 0 Å². The van der Waals surface area contributed by atoms with Crippen molar-refractivity contribution < 1.29 is 4.79 Å². The Morgan fingerprint density at radius 2 is 1.70 bits per heavy atom. The van der Waals surface area contributed by atoms with E-state index >= 15 is 0 Å². The number of carbonyl (C=O) groups is 1. The number of nitrogens with zero attached hydrogens (tertiary/aromatic N) is 2. The lowest BCUT2D eigenvalue weighted by Crippen LogP contribution is -2.04. The number of rotatable bonds is 4. The van der Waals surface area contributed by atoms with Crippen LogP contribution in [0.2, 0.25) is 0 Å². The van der Waals surface area contributed by atoms with Crippen molar-refractivity contribution in [1.29, 1.82) is 0 Å². The predicted octanol–water partition coefficient (Wildman–Crippen LogP) is 3.30. The van der Waals surface area contributed by atoms with E-state index in [4.69, 9.17) is 0 Å². The highest BCUT2D eigenvalue weighted by Crippen LogP contribution is 2.11. The van der Waals surface area contributed by atoms with Crippen LogP contribution < -0.4 is 0 Å². The molecule has 3 heteroatoms. The molecule has 0 N–H and O–H groups in total. The summed E-state index contributed by atoms with van der Waals surface area (Å²) >= 11 is 0. The third-order valence-electron chi connectivity index (χ3n) is 3.17. The molecular formula is C17H14N2O. The molecule has 0 fully saturated rings. The van der Waals surface area contributed by atoms with E-state index in [-0.39, 0.29) is 5.78 Å². The molecule has 0 aliphatic rings. The van der Waals surface area contributed by atoms with Crippen molar-refractivity contribution in [2.45, 2.75) is 6.42 Å². The number of hydrogen-bond donors (Lipinski definition) is 0. The molecular weight excluding hydrogens is 248 g/mol. The SMILES string of the molecule is O=C(Cc1ccccc1)c1ccc(-n2cccn2)cc1. The van der Waals surface area contributed by atoms with Crippen molar-refractivity contribution in [2.24, 2.45) is 0 Å². The first-order valence-corrected chi connectivity index (χ1v) is 6.50. The Morgan fingerprint density at radius 3 is 2.35 bits per heavy atom. The maximum atomic E-state index is 12.2. The Morgan fingerprint density at radius 1 is 0.950 bits per heavy atom. The first-order valence-electron chi connectivity index (χ1n) is 6.50. The summed E-state index contributed by atoms with van der Waals surface area (Å²) in [4.78, 5) is 12.2. The number of benzene rings is 2. The van der Waals surface area contributed by atoms with E-state index in [2.05, 4.69) is 5.10 Å². The largest absolute Gasteiger partial charge is 0.294 e. The first kappa shape index (κ1) is 12.4. The molecule has 1 aromatic heterocycles. The van der Waals surface area contributed by atoms with Crippen molar-refractivity contribution >= 4 is 5.78 Å². The highest BCUT2D eigenvalue weighted by molar-refractivity contribution is 5.97. The van der Waals surface area contributed by atoms with Gasteiger partial charge in [0, 0.05) is 24.4 Å². The van der Waals surface area contributed by atoms with Gasteiger partial charge in [0.1, 0.15) is 0 Å². The molecule has 3 rings (SSSR count). The highest BCUT2D eigenvalue weighted by Gasteiger charge is 2.07. The molecule has 0 unspecified atom stereocenters. The smallest absolute Gasteiger partial charge is 0.167 e. The van der Waals surface area contributed by atoms with Crippen molar-refractivity contribution in [3.05, 3.63) is 84.2 Å². The summed E-state index contributed by atoms with van der Waals surface area (Å²) in [6, 6.07) is 19.2. The Hall–Kier alpha value is -2.68. The highest BCUT2D eigenvalue weighted by atomic mass is 16.1. The molecule has 0 saturated heterocycles. The summed E-state index contributed by atoms with van der Waals surface area (Å²) in [6.45, 7) is 0. The van der Waals surface area contributed by atoms with Gasteiger partial charge in [0.25, 0.3) is 0 Å². The standard InChI is InChI=1S/C17H14N2O/c20-17(13-14-5-2-1-3-6-14)15-7-9-16(10-8-15)19-12-4-11-18-19/h1-12H,13H2. The number of carbonyl (C=O) groups excluding carboxylic acids is 1. The van der Waals surface area contributed by atoms with Crippen molar-refractivity contribution in [3.63, 3.8) is 0 Å². The molecule has 0 atom stereocenters. The minimum Gasteiger partial charge on any atom is -0.294 e. The summed E-state index contributed by atoms with van der Waals surface area (Å²) in [5.41, 5.74) is 2.71. The topological polar surface area (TPSA) is 34.9 Å². The molecule has 98 valence electrons. The van der Waals surface area contributed by atoms with Gasteiger partial charge < -0.3 is 0 Å². The number of aromatic nitrogens is 2. The Balaban J connectivity index is 1.76. The predicted molar refractivity (Wildman–Crippen MR) is 78.0 cm³/mol. The van der Waals surface area contributed by atoms with E-state index in [1.807, 2.05) is 66.9 Å². The number of hydrogen-bond acceptors (Lipinski definition) is 2. The fourth-order valence-corrected chi connectivity index (χ4v) is 2.10. The molecule has 0 bridgehead atoms. The van der Waals surface area contributed by atoms with Gasteiger partial charge in [0.15, 0.2) is 5.78 Å². The molecule has 0 aliphatic heterocycles. The molecule has 3 nitrogen and oxygen atoms in total. The third kappa shape index (κ3) is 2.67. The second-order valence-corrected chi connectivity index (χ2v) is 4.58. The Bertz CT molecular complexity index is 686. The van der Waals surface area contributed by atoms with Gasteiger partial charge in [-0.05, 0) is 35.9 Å². The van der Waals surface area contributed by atoms with E-state index in [9.17, 15) is 4.79 Å². The zero-order valence-electron chi connectivity index (χ0n) is 10.9. The summed E-state index contributed by atoms with van der Waals surface area (Å²) in [7, 11) is 0. The van der Waals surface area contributed by atoms with Gasteiger partial charge in [-0.25, -0.2) is 4.68 Å². The van der Waals surface area contributed by atoms with E-state index in [0.29, 0.717) is 6.42 Å². The van der Waals surface area contributed by atoms with Crippen LogP contribution in [0.4, 0.5) is 0 Å². The third-order valence-corrected chi connectivity index (χ3v) is 3.17.